The summed E-state index contributed by atoms with van der Waals surface area (Å²) in [5, 5.41) is 3.70. The minimum absolute atomic E-state index is 0.140. The standard InChI is InChI=1S/C18H16F3N3O2/c1-24-14-5-3-2-4-13(14)9-15(24)17(25)23-10-12-6-7-22-16(8-12)26-11-18(19,20)21/h2-9H,10-11H2,1H3,(H,23,25). The van der Waals surface area contributed by atoms with Gasteiger partial charge >= 0.3 is 6.18 Å². The maximum absolute atomic E-state index is 12.4. The number of aromatic nitrogens is 2. The third-order valence-electron chi connectivity index (χ3n) is 3.82. The zero-order valence-electron chi connectivity index (χ0n) is 13.9. The Kier molecular flexibility index (Phi) is 4.83. The molecule has 0 aliphatic rings. The molecule has 1 N–H and O–H groups in total. The number of para-hydroxylation sites is 1. The van der Waals surface area contributed by atoms with Crippen molar-refractivity contribution in [2.45, 2.75) is 12.7 Å². The van der Waals surface area contributed by atoms with Crippen LogP contribution in [0.2, 0.25) is 0 Å². The number of carbonyl (C=O) groups is 1. The minimum Gasteiger partial charge on any atom is -0.468 e. The van der Waals surface area contributed by atoms with E-state index >= 15 is 0 Å². The van der Waals surface area contributed by atoms with Gasteiger partial charge < -0.3 is 14.6 Å². The molecule has 0 radical (unpaired) electrons. The molecule has 1 aromatic carbocycles. The fourth-order valence-corrected chi connectivity index (χ4v) is 2.57. The third-order valence-corrected chi connectivity index (χ3v) is 3.82. The second-order valence-electron chi connectivity index (χ2n) is 5.74. The number of rotatable bonds is 5. The van der Waals surface area contributed by atoms with Crippen molar-refractivity contribution in [3.63, 3.8) is 0 Å². The van der Waals surface area contributed by atoms with Crippen LogP contribution in [0.25, 0.3) is 10.9 Å². The molecule has 3 aromatic rings. The van der Waals surface area contributed by atoms with E-state index in [1.807, 2.05) is 24.3 Å². The van der Waals surface area contributed by atoms with Gasteiger partial charge in [-0.15, -0.1) is 0 Å². The van der Waals surface area contributed by atoms with Gasteiger partial charge in [-0.25, -0.2) is 4.98 Å². The van der Waals surface area contributed by atoms with Crippen LogP contribution in [0.3, 0.4) is 0 Å². The molecular weight excluding hydrogens is 347 g/mol. The quantitative estimate of drug-likeness (QED) is 0.756. The average molecular weight is 363 g/mol. The van der Waals surface area contributed by atoms with Gasteiger partial charge in [0.15, 0.2) is 6.61 Å². The smallest absolute Gasteiger partial charge is 0.422 e. The molecule has 0 spiro atoms. The third kappa shape index (κ3) is 4.14. The summed E-state index contributed by atoms with van der Waals surface area (Å²) in [5.41, 5.74) is 2.02. The molecule has 0 aliphatic heterocycles. The van der Waals surface area contributed by atoms with Crippen LogP contribution < -0.4 is 10.1 Å². The first kappa shape index (κ1) is 17.8. The first-order valence-corrected chi connectivity index (χ1v) is 7.80. The number of nitrogens with one attached hydrogen (secondary N) is 1. The predicted molar refractivity (Wildman–Crippen MR) is 89.9 cm³/mol. The Hall–Kier alpha value is -3.03. The predicted octanol–water partition coefficient (Wildman–Crippen LogP) is 3.44. The van der Waals surface area contributed by atoms with Gasteiger partial charge in [-0.05, 0) is 23.8 Å². The number of fused-ring (bicyclic) bond motifs is 1. The highest BCUT2D eigenvalue weighted by atomic mass is 19.4. The van der Waals surface area contributed by atoms with E-state index in [9.17, 15) is 18.0 Å². The number of benzene rings is 1. The summed E-state index contributed by atoms with van der Waals surface area (Å²) >= 11 is 0. The fraction of sp³-hybridized carbons (Fsp3) is 0.222. The topological polar surface area (TPSA) is 56.2 Å². The fourth-order valence-electron chi connectivity index (χ4n) is 2.57. The molecule has 3 rings (SSSR count). The maximum Gasteiger partial charge on any atom is 0.422 e. The summed E-state index contributed by atoms with van der Waals surface area (Å²) in [6, 6.07) is 12.4. The van der Waals surface area contributed by atoms with Gasteiger partial charge in [-0.1, -0.05) is 18.2 Å². The van der Waals surface area contributed by atoms with Gasteiger partial charge in [0, 0.05) is 36.8 Å². The average Bonchev–Trinajstić information content (AvgIpc) is 2.95. The van der Waals surface area contributed by atoms with Crippen molar-refractivity contribution in [2.24, 2.45) is 7.05 Å². The molecule has 26 heavy (non-hydrogen) atoms. The summed E-state index contributed by atoms with van der Waals surface area (Å²) in [6.45, 7) is -1.27. The van der Waals surface area contributed by atoms with E-state index in [1.165, 1.54) is 12.3 Å². The Morgan fingerprint density at radius 2 is 2.00 bits per heavy atom. The number of aryl methyl sites for hydroxylation is 1. The van der Waals surface area contributed by atoms with E-state index in [-0.39, 0.29) is 18.3 Å². The van der Waals surface area contributed by atoms with Crippen LogP contribution in [0.15, 0.2) is 48.7 Å². The molecule has 2 aromatic heterocycles. The molecule has 0 unspecified atom stereocenters. The van der Waals surface area contributed by atoms with Crippen molar-refractivity contribution in [2.75, 3.05) is 6.61 Å². The summed E-state index contributed by atoms with van der Waals surface area (Å²) in [5.74, 6) is -0.419. The molecule has 1 amide bonds. The van der Waals surface area contributed by atoms with Gasteiger partial charge in [-0.3, -0.25) is 4.79 Å². The normalized spacial score (nSPS) is 11.5. The van der Waals surface area contributed by atoms with Gasteiger partial charge in [-0.2, -0.15) is 13.2 Å². The van der Waals surface area contributed by atoms with Crippen LogP contribution in [-0.4, -0.2) is 28.2 Å². The number of ether oxygens (including phenoxy) is 1. The van der Waals surface area contributed by atoms with E-state index in [2.05, 4.69) is 15.0 Å². The summed E-state index contributed by atoms with van der Waals surface area (Å²) in [7, 11) is 1.80. The number of hydrogen-bond acceptors (Lipinski definition) is 3. The van der Waals surface area contributed by atoms with Gasteiger partial charge in [0.2, 0.25) is 5.88 Å². The lowest BCUT2D eigenvalue weighted by Gasteiger charge is -2.10. The Balaban J connectivity index is 1.66. The summed E-state index contributed by atoms with van der Waals surface area (Å²) in [6.07, 6.45) is -3.09. The molecule has 8 heteroatoms. The number of hydrogen-bond donors (Lipinski definition) is 1. The number of nitrogens with zero attached hydrogens (tertiary/aromatic N) is 2. The number of halogens is 3. The molecule has 0 aliphatic carbocycles. The molecule has 5 nitrogen and oxygen atoms in total. The SMILES string of the molecule is Cn1c(C(=O)NCc2ccnc(OCC(F)(F)F)c2)cc2ccccc21. The Morgan fingerprint density at radius 1 is 1.23 bits per heavy atom. The maximum atomic E-state index is 12.4. The highest BCUT2D eigenvalue weighted by Gasteiger charge is 2.28. The summed E-state index contributed by atoms with van der Waals surface area (Å²) < 4.78 is 43.0. The summed E-state index contributed by atoms with van der Waals surface area (Å²) in [4.78, 5) is 16.2. The van der Waals surface area contributed by atoms with Gasteiger partial charge in [0.25, 0.3) is 5.91 Å². The largest absolute Gasteiger partial charge is 0.468 e. The van der Waals surface area contributed by atoms with E-state index in [1.54, 1.807) is 23.7 Å². The van der Waals surface area contributed by atoms with Gasteiger partial charge in [0.05, 0.1) is 0 Å². The molecule has 0 atom stereocenters. The molecular formula is C18H16F3N3O2. The lowest BCUT2D eigenvalue weighted by Crippen LogP contribution is -2.25. The molecule has 2 heterocycles. The van der Waals surface area contributed by atoms with E-state index in [4.69, 9.17) is 0 Å². The van der Waals surface area contributed by atoms with E-state index < -0.39 is 12.8 Å². The molecule has 0 fully saturated rings. The van der Waals surface area contributed by atoms with Crippen LogP contribution in [0.4, 0.5) is 13.2 Å². The van der Waals surface area contributed by atoms with Crippen LogP contribution in [0, 0.1) is 0 Å². The lowest BCUT2D eigenvalue weighted by atomic mass is 10.2. The number of carbonyl (C=O) groups excluding carboxylic acids is 1. The second-order valence-corrected chi connectivity index (χ2v) is 5.74. The van der Waals surface area contributed by atoms with Crippen molar-refractivity contribution in [3.8, 4) is 5.88 Å². The molecule has 136 valence electrons. The lowest BCUT2D eigenvalue weighted by molar-refractivity contribution is -0.154. The van der Waals surface area contributed by atoms with Crippen LogP contribution >= 0.6 is 0 Å². The van der Waals surface area contributed by atoms with Crippen LogP contribution in [0.5, 0.6) is 5.88 Å². The Morgan fingerprint density at radius 3 is 2.73 bits per heavy atom. The molecule has 0 saturated carbocycles. The van der Waals surface area contributed by atoms with Crippen molar-refractivity contribution >= 4 is 16.8 Å². The number of pyridine rings is 1. The Bertz CT molecular complexity index is 935. The molecule has 0 bridgehead atoms. The first-order chi connectivity index (χ1) is 12.3. The van der Waals surface area contributed by atoms with Crippen molar-refractivity contribution < 1.29 is 22.7 Å². The highest BCUT2D eigenvalue weighted by Crippen LogP contribution is 2.19. The minimum atomic E-state index is -4.43. The van der Waals surface area contributed by atoms with Crippen LogP contribution in [-0.2, 0) is 13.6 Å². The van der Waals surface area contributed by atoms with Crippen molar-refractivity contribution in [1.29, 1.82) is 0 Å². The van der Waals surface area contributed by atoms with Gasteiger partial charge in [0.1, 0.15) is 5.69 Å². The number of amides is 1. The monoisotopic (exact) mass is 363 g/mol. The molecule has 0 saturated heterocycles. The van der Waals surface area contributed by atoms with Crippen molar-refractivity contribution in [3.05, 3.63) is 59.9 Å². The van der Waals surface area contributed by atoms with Crippen LogP contribution in [0.1, 0.15) is 16.1 Å². The second kappa shape index (κ2) is 7.07. The first-order valence-electron chi connectivity index (χ1n) is 7.80. The van der Waals surface area contributed by atoms with E-state index in [0.29, 0.717) is 11.3 Å². The highest BCUT2D eigenvalue weighted by molar-refractivity contribution is 5.98. The zero-order chi connectivity index (χ0) is 18.7. The Labute approximate surface area is 147 Å². The van der Waals surface area contributed by atoms with E-state index in [0.717, 1.165) is 10.9 Å². The number of alkyl halides is 3. The zero-order valence-corrected chi connectivity index (χ0v) is 13.9. The van der Waals surface area contributed by atoms with Crippen molar-refractivity contribution in [1.82, 2.24) is 14.9 Å².